The van der Waals surface area contributed by atoms with E-state index in [1.54, 1.807) is 12.1 Å². The summed E-state index contributed by atoms with van der Waals surface area (Å²) in [4.78, 5) is 6.14. The van der Waals surface area contributed by atoms with Crippen LogP contribution in [0.25, 0.3) is 0 Å². The van der Waals surface area contributed by atoms with E-state index in [1.165, 1.54) is 12.1 Å². The number of pyridine rings is 1. The van der Waals surface area contributed by atoms with Crippen LogP contribution in [0.1, 0.15) is 22.9 Å². The molecular formula is C17H13ClF3N3O. The molecule has 0 spiro atoms. The van der Waals surface area contributed by atoms with Crippen molar-refractivity contribution >= 4 is 17.4 Å². The average molecular weight is 368 g/mol. The molecule has 0 aliphatic carbocycles. The van der Waals surface area contributed by atoms with Gasteiger partial charge in [-0.25, -0.2) is 4.98 Å². The van der Waals surface area contributed by atoms with Crippen molar-refractivity contribution in [2.75, 3.05) is 24.6 Å². The van der Waals surface area contributed by atoms with Gasteiger partial charge in [0.05, 0.1) is 17.2 Å². The molecule has 130 valence electrons. The first kappa shape index (κ1) is 17.5. The van der Waals surface area contributed by atoms with Crippen molar-refractivity contribution in [3.63, 3.8) is 0 Å². The number of halogens is 4. The van der Waals surface area contributed by atoms with E-state index in [0.29, 0.717) is 31.1 Å². The molecule has 0 saturated carbocycles. The molecule has 1 atom stereocenters. The van der Waals surface area contributed by atoms with E-state index in [4.69, 9.17) is 21.6 Å². The number of ether oxygens (including phenoxy) is 1. The van der Waals surface area contributed by atoms with E-state index < -0.39 is 11.7 Å². The topological polar surface area (TPSA) is 49.2 Å². The quantitative estimate of drug-likeness (QED) is 0.798. The zero-order valence-corrected chi connectivity index (χ0v) is 13.7. The summed E-state index contributed by atoms with van der Waals surface area (Å²) >= 11 is 5.89. The van der Waals surface area contributed by atoms with Crippen LogP contribution in [0, 0.1) is 11.3 Å². The molecule has 4 nitrogen and oxygen atoms in total. The third-order valence-corrected chi connectivity index (χ3v) is 4.24. The maximum Gasteiger partial charge on any atom is 0.416 e. The highest BCUT2D eigenvalue weighted by molar-refractivity contribution is 6.31. The summed E-state index contributed by atoms with van der Waals surface area (Å²) in [6.07, 6.45) is -4.74. The number of anilines is 1. The van der Waals surface area contributed by atoms with Gasteiger partial charge in [-0.2, -0.15) is 18.4 Å². The monoisotopic (exact) mass is 367 g/mol. The summed E-state index contributed by atoms with van der Waals surface area (Å²) in [7, 11) is 0. The van der Waals surface area contributed by atoms with Gasteiger partial charge in [0.25, 0.3) is 0 Å². The van der Waals surface area contributed by atoms with Gasteiger partial charge >= 0.3 is 6.18 Å². The van der Waals surface area contributed by atoms with Crippen LogP contribution in [0.2, 0.25) is 5.02 Å². The zero-order chi connectivity index (χ0) is 18.0. The highest BCUT2D eigenvalue weighted by Gasteiger charge is 2.31. The molecule has 0 N–H and O–H groups in total. The summed E-state index contributed by atoms with van der Waals surface area (Å²) in [5.74, 6) is 0.584. The lowest BCUT2D eigenvalue weighted by Crippen LogP contribution is -2.39. The van der Waals surface area contributed by atoms with Crippen molar-refractivity contribution in [1.29, 1.82) is 5.26 Å². The van der Waals surface area contributed by atoms with Crippen LogP contribution in [-0.4, -0.2) is 24.7 Å². The number of nitrogens with zero attached hydrogens (tertiary/aromatic N) is 3. The average Bonchev–Trinajstić information content (AvgIpc) is 2.61. The van der Waals surface area contributed by atoms with E-state index >= 15 is 0 Å². The largest absolute Gasteiger partial charge is 0.416 e. The molecule has 1 aromatic heterocycles. The van der Waals surface area contributed by atoms with Crippen molar-refractivity contribution in [2.45, 2.75) is 12.3 Å². The van der Waals surface area contributed by atoms with Gasteiger partial charge in [0.2, 0.25) is 0 Å². The van der Waals surface area contributed by atoms with E-state index in [-0.39, 0.29) is 16.8 Å². The van der Waals surface area contributed by atoms with Gasteiger partial charge in [-0.1, -0.05) is 23.7 Å². The van der Waals surface area contributed by atoms with E-state index in [0.717, 1.165) is 12.1 Å². The summed E-state index contributed by atoms with van der Waals surface area (Å²) in [6, 6.07) is 10.2. The fraction of sp³-hybridized carbons (Fsp3) is 0.294. The van der Waals surface area contributed by atoms with Crippen molar-refractivity contribution in [3.05, 3.63) is 58.2 Å². The fourth-order valence-electron chi connectivity index (χ4n) is 2.63. The van der Waals surface area contributed by atoms with E-state index in [1.807, 2.05) is 11.0 Å². The SMILES string of the molecule is N#Cc1nc(N2CCOC(c3ccc(C(F)(F)F)cc3)C2)ccc1Cl. The van der Waals surface area contributed by atoms with Crippen LogP contribution >= 0.6 is 11.6 Å². The highest BCUT2D eigenvalue weighted by atomic mass is 35.5. The second kappa shape index (κ2) is 6.90. The number of hydrogen-bond acceptors (Lipinski definition) is 4. The Kier molecular flexibility index (Phi) is 4.84. The Morgan fingerprint density at radius 1 is 1.20 bits per heavy atom. The Labute approximate surface area is 147 Å². The maximum absolute atomic E-state index is 12.7. The van der Waals surface area contributed by atoms with Crippen molar-refractivity contribution < 1.29 is 17.9 Å². The molecule has 1 saturated heterocycles. The Hall–Kier alpha value is -2.30. The van der Waals surface area contributed by atoms with E-state index in [2.05, 4.69) is 4.98 Å². The van der Waals surface area contributed by atoms with Gasteiger partial charge in [0.15, 0.2) is 5.69 Å². The molecular weight excluding hydrogens is 355 g/mol. The number of hydrogen-bond donors (Lipinski definition) is 0. The summed E-state index contributed by atoms with van der Waals surface area (Å²) in [5, 5.41) is 9.31. The third-order valence-electron chi connectivity index (χ3n) is 3.94. The van der Waals surface area contributed by atoms with Gasteiger partial charge in [0.1, 0.15) is 18.0 Å². The third kappa shape index (κ3) is 3.86. The second-order valence-corrected chi connectivity index (χ2v) is 5.94. The van der Waals surface area contributed by atoms with Gasteiger partial charge < -0.3 is 9.64 Å². The first-order valence-corrected chi connectivity index (χ1v) is 7.86. The molecule has 2 aromatic rings. The molecule has 1 fully saturated rings. The molecule has 2 heterocycles. The molecule has 1 aromatic carbocycles. The van der Waals surface area contributed by atoms with Crippen LogP contribution in [-0.2, 0) is 10.9 Å². The molecule has 0 bridgehead atoms. The lowest BCUT2D eigenvalue weighted by molar-refractivity contribution is -0.137. The van der Waals surface area contributed by atoms with Crippen molar-refractivity contribution in [3.8, 4) is 6.07 Å². The molecule has 1 aliphatic rings. The van der Waals surface area contributed by atoms with Crippen molar-refractivity contribution in [2.24, 2.45) is 0 Å². The molecule has 0 radical (unpaired) electrons. The standard InChI is InChI=1S/C17H13ClF3N3O/c18-13-5-6-16(23-14(13)9-22)24-7-8-25-15(10-24)11-1-3-12(4-2-11)17(19,20)21/h1-6,15H,7-8,10H2. The number of morpholine rings is 1. The van der Waals surface area contributed by atoms with E-state index in [9.17, 15) is 13.2 Å². The summed E-state index contributed by atoms with van der Waals surface area (Å²) in [6.45, 7) is 1.39. The van der Waals surface area contributed by atoms with Gasteiger partial charge in [-0.15, -0.1) is 0 Å². The van der Waals surface area contributed by atoms with Gasteiger partial charge in [-0.3, -0.25) is 0 Å². The number of benzene rings is 1. The molecule has 1 aliphatic heterocycles. The zero-order valence-electron chi connectivity index (χ0n) is 12.9. The van der Waals surface area contributed by atoms with Crippen LogP contribution in [0.3, 0.4) is 0 Å². The number of alkyl halides is 3. The fourth-order valence-corrected chi connectivity index (χ4v) is 2.78. The second-order valence-electron chi connectivity index (χ2n) is 5.54. The van der Waals surface area contributed by atoms with Crippen LogP contribution in [0.15, 0.2) is 36.4 Å². The lowest BCUT2D eigenvalue weighted by Gasteiger charge is -2.34. The molecule has 0 amide bonds. The molecule has 25 heavy (non-hydrogen) atoms. The van der Waals surface area contributed by atoms with Gasteiger partial charge in [0, 0.05) is 13.1 Å². The predicted molar refractivity (Wildman–Crippen MR) is 86.3 cm³/mol. The van der Waals surface area contributed by atoms with Crippen LogP contribution < -0.4 is 4.90 Å². The minimum atomic E-state index is -4.36. The number of aromatic nitrogens is 1. The Bertz CT molecular complexity index is 802. The maximum atomic E-state index is 12.7. The molecule has 8 heteroatoms. The number of rotatable bonds is 2. The minimum absolute atomic E-state index is 0.136. The number of nitriles is 1. The predicted octanol–water partition coefficient (Wildman–Crippen LogP) is 4.20. The first-order valence-electron chi connectivity index (χ1n) is 7.49. The lowest BCUT2D eigenvalue weighted by atomic mass is 10.1. The Morgan fingerprint density at radius 2 is 1.92 bits per heavy atom. The van der Waals surface area contributed by atoms with Crippen molar-refractivity contribution in [1.82, 2.24) is 4.98 Å². The van der Waals surface area contributed by atoms with Crippen LogP contribution in [0.4, 0.5) is 19.0 Å². The van der Waals surface area contributed by atoms with Crippen LogP contribution in [0.5, 0.6) is 0 Å². The summed E-state index contributed by atoms with van der Waals surface area (Å²) in [5.41, 5.74) is 0.103. The minimum Gasteiger partial charge on any atom is -0.370 e. The summed E-state index contributed by atoms with van der Waals surface area (Å²) < 4.78 is 43.7. The first-order chi connectivity index (χ1) is 11.9. The normalized spacial score (nSPS) is 18.0. The molecule has 3 rings (SSSR count). The van der Waals surface area contributed by atoms with Gasteiger partial charge in [-0.05, 0) is 29.8 Å². The Morgan fingerprint density at radius 3 is 2.56 bits per heavy atom. The highest BCUT2D eigenvalue weighted by Crippen LogP contribution is 2.31. The smallest absolute Gasteiger partial charge is 0.370 e. The molecule has 1 unspecified atom stereocenters. The Balaban J connectivity index is 1.78.